The van der Waals surface area contributed by atoms with Crippen molar-refractivity contribution in [2.24, 2.45) is 0 Å². The van der Waals surface area contributed by atoms with Crippen LogP contribution in [0.15, 0.2) is 12.2 Å². The molecule has 1 atom stereocenters. The third kappa shape index (κ3) is 6.30. The normalized spacial score (nSPS) is 13.5. The third-order valence-electron chi connectivity index (χ3n) is 1.23. The number of hydrogen-bond donors (Lipinski definition) is 2. The summed E-state index contributed by atoms with van der Waals surface area (Å²) in [4.78, 5) is 11.0. The molecule has 0 aromatic heterocycles. The summed E-state index contributed by atoms with van der Waals surface area (Å²) in [7, 11) is -4.04. The fourth-order valence-corrected chi connectivity index (χ4v) is 1.42. The lowest BCUT2D eigenvalue weighted by atomic mass is 10.3. The highest BCUT2D eigenvalue weighted by Gasteiger charge is 2.14. The Labute approximate surface area is 77.6 Å². The molecule has 0 aromatic rings. The Hall–Kier alpha value is -0.880. The maximum absolute atomic E-state index is 11.0. The molecule has 2 N–H and O–H groups in total. The number of carbonyl (C=O) groups excluding carboxylic acids is 1. The summed E-state index contributed by atoms with van der Waals surface area (Å²) in [6, 6.07) is -0.626. The van der Waals surface area contributed by atoms with Crippen molar-refractivity contribution in [3.63, 3.8) is 0 Å². The summed E-state index contributed by atoms with van der Waals surface area (Å²) in [5.74, 6) is -0.914. The maximum Gasteiger partial charge on any atom is 0.266 e. The molecule has 0 aromatic carbocycles. The monoisotopic (exact) mass is 207 g/mol. The van der Waals surface area contributed by atoms with E-state index in [-0.39, 0.29) is 0 Å². The van der Waals surface area contributed by atoms with Crippen molar-refractivity contribution in [3.8, 4) is 0 Å². The second-order valence-corrected chi connectivity index (χ2v) is 4.40. The summed E-state index contributed by atoms with van der Waals surface area (Å²) in [5.41, 5.74) is 0.294. The van der Waals surface area contributed by atoms with E-state index in [0.29, 0.717) is 5.57 Å². The van der Waals surface area contributed by atoms with Crippen LogP contribution in [0.4, 0.5) is 0 Å². The standard InChI is InChI=1S/C7H13NO4S/c1-5(2)7(9)8-6(3)4-13(10,11)12/h6H,1,4H2,2-3H3,(H,8,9)(H,10,11,12). The van der Waals surface area contributed by atoms with Gasteiger partial charge in [-0.2, -0.15) is 8.42 Å². The van der Waals surface area contributed by atoms with Crippen LogP contribution in [0.1, 0.15) is 13.8 Å². The lowest BCUT2D eigenvalue weighted by Crippen LogP contribution is -2.37. The van der Waals surface area contributed by atoms with Crippen molar-refractivity contribution in [2.45, 2.75) is 19.9 Å². The van der Waals surface area contributed by atoms with Gasteiger partial charge in [-0.1, -0.05) is 6.58 Å². The molecule has 6 heteroatoms. The van der Waals surface area contributed by atoms with Gasteiger partial charge < -0.3 is 5.32 Å². The zero-order chi connectivity index (χ0) is 10.6. The molecule has 1 unspecified atom stereocenters. The number of carbonyl (C=O) groups is 1. The molecule has 1 amide bonds. The van der Waals surface area contributed by atoms with E-state index in [4.69, 9.17) is 4.55 Å². The molecule has 0 aliphatic rings. The summed E-state index contributed by atoms with van der Waals surface area (Å²) in [6.07, 6.45) is 0. The summed E-state index contributed by atoms with van der Waals surface area (Å²) in [5, 5.41) is 2.36. The van der Waals surface area contributed by atoms with E-state index in [2.05, 4.69) is 11.9 Å². The smallest absolute Gasteiger partial charge is 0.266 e. The molecular weight excluding hydrogens is 194 g/mol. The van der Waals surface area contributed by atoms with Gasteiger partial charge in [0.15, 0.2) is 0 Å². The maximum atomic E-state index is 11.0. The molecule has 0 radical (unpaired) electrons. The van der Waals surface area contributed by atoms with E-state index >= 15 is 0 Å². The number of amides is 1. The van der Waals surface area contributed by atoms with Crippen LogP contribution in [0.25, 0.3) is 0 Å². The van der Waals surface area contributed by atoms with Gasteiger partial charge in [0.05, 0.1) is 5.75 Å². The number of nitrogens with one attached hydrogen (secondary N) is 1. The molecule has 0 heterocycles. The topological polar surface area (TPSA) is 83.5 Å². The Morgan fingerprint density at radius 3 is 2.38 bits per heavy atom. The minimum atomic E-state index is -4.04. The van der Waals surface area contributed by atoms with E-state index in [0.717, 1.165) is 0 Å². The fourth-order valence-electron chi connectivity index (χ4n) is 0.705. The highest BCUT2D eigenvalue weighted by Crippen LogP contribution is 1.92. The van der Waals surface area contributed by atoms with Gasteiger partial charge >= 0.3 is 0 Å². The van der Waals surface area contributed by atoms with Crippen molar-refractivity contribution in [2.75, 3.05) is 5.75 Å². The second kappa shape index (κ2) is 4.38. The first-order valence-electron chi connectivity index (χ1n) is 3.64. The van der Waals surface area contributed by atoms with Gasteiger partial charge in [-0.25, -0.2) is 0 Å². The van der Waals surface area contributed by atoms with Gasteiger partial charge in [-0.3, -0.25) is 9.35 Å². The molecule has 13 heavy (non-hydrogen) atoms. The molecule has 0 fully saturated rings. The number of hydrogen-bond acceptors (Lipinski definition) is 3. The minimum Gasteiger partial charge on any atom is -0.349 e. The number of rotatable bonds is 4. The second-order valence-electron chi connectivity index (χ2n) is 2.90. The predicted octanol–water partition coefficient (Wildman–Crippen LogP) is -0.0450. The highest BCUT2D eigenvalue weighted by atomic mass is 32.2. The van der Waals surface area contributed by atoms with E-state index < -0.39 is 27.8 Å². The molecule has 0 rings (SSSR count). The van der Waals surface area contributed by atoms with Crippen molar-refractivity contribution < 1.29 is 17.8 Å². The van der Waals surface area contributed by atoms with E-state index in [1.165, 1.54) is 13.8 Å². The van der Waals surface area contributed by atoms with Gasteiger partial charge in [-0.15, -0.1) is 0 Å². The Balaban J connectivity index is 4.10. The molecule has 0 bridgehead atoms. The van der Waals surface area contributed by atoms with Crippen LogP contribution >= 0.6 is 0 Å². The summed E-state index contributed by atoms with van der Waals surface area (Å²) < 4.78 is 29.2. The molecule has 0 aliphatic carbocycles. The minimum absolute atomic E-state index is 0.294. The van der Waals surface area contributed by atoms with Crippen molar-refractivity contribution >= 4 is 16.0 Å². The zero-order valence-corrected chi connectivity index (χ0v) is 8.39. The van der Waals surface area contributed by atoms with Gasteiger partial charge in [0.2, 0.25) is 5.91 Å². The largest absolute Gasteiger partial charge is 0.349 e. The highest BCUT2D eigenvalue weighted by molar-refractivity contribution is 7.85. The van der Waals surface area contributed by atoms with Crippen molar-refractivity contribution in [1.29, 1.82) is 0 Å². The molecule has 0 saturated heterocycles. The molecule has 5 nitrogen and oxygen atoms in total. The molecular formula is C7H13NO4S. The average Bonchev–Trinajstić information content (AvgIpc) is 1.81. The van der Waals surface area contributed by atoms with Crippen molar-refractivity contribution in [1.82, 2.24) is 5.32 Å². The summed E-state index contributed by atoms with van der Waals surface area (Å²) in [6.45, 7) is 6.37. The van der Waals surface area contributed by atoms with Crippen LogP contribution in [0.3, 0.4) is 0 Å². The van der Waals surface area contributed by atoms with Crippen LogP contribution in [-0.2, 0) is 14.9 Å². The first-order valence-corrected chi connectivity index (χ1v) is 5.25. The van der Waals surface area contributed by atoms with E-state index in [9.17, 15) is 13.2 Å². The molecule has 0 spiro atoms. The van der Waals surface area contributed by atoms with Gasteiger partial charge in [-0.05, 0) is 13.8 Å². The Kier molecular flexibility index (Phi) is 4.09. The molecule has 76 valence electrons. The quantitative estimate of drug-likeness (QED) is 0.500. The van der Waals surface area contributed by atoms with Crippen LogP contribution < -0.4 is 5.32 Å². The van der Waals surface area contributed by atoms with Gasteiger partial charge in [0, 0.05) is 11.6 Å². The lowest BCUT2D eigenvalue weighted by Gasteiger charge is -2.11. The summed E-state index contributed by atoms with van der Waals surface area (Å²) >= 11 is 0. The Morgan fingerprint density at radius 1 is 1.62 bits per heavy atom. The van der Waals surface area contributed by atoms with Crippen LogP contribution in [0, 0.1) is 0 Å². The Morgan fingerprint density at radius 2 is 2.08 bits per heavy atom. The van der Waals surface area contributed by atoms with Gasteiger partial charge in [0.1, 0.15) is 0 Å². The van der Waals surface area contributed by atoms with Crippen LogP contribution in [-0.4, -0.2) is 30.7 Å². The van der Waals surface area contributed by atoms with Crippen molar-refractivity contribution in [3.05, 3.63) is 12.2 Å². The predicted molar refractivity (Wildman–Crippen MR) is 48.8 cm³/mol. The van der Waals surface area contributed by atoms with E-state index in [1.807, 2.05) is 0 Å². The van der Waals surface area contributed by atoms with Gasteiger partial charge in [0.25, 0.3) is 10.1 Å². The lowest BCUT2D eigenvalue weighted by molar-refractivity contribution is -0.117. The molecule has 0 saturated carbocycles. The SMILES string of the molecule is C=C(C)C(=O)NC(C)CS(=O)(=O)O. The molecule has 0 aliphatic heterocycles. The van der Waals surface area contributed by atoms with Crippen LogP contribution in [0.5, 0.6) is 0 Å². The Bertz CT molecular complexity index is 306. The van der Waals surface area contributed by atoms with Crippen LogP contribution in [0.2, 0.25) is 0 Å². The first-order chi connectivity index (χ1) is 5.72. The third-order valence-corrected chi connectivity index (χ3v) is 2.15. The zero-order valence-electron chi connectivity index (χ0n) is 7.57. The first kappa shape index (κ1) is 12.1. The average molecular weight is 207 g/mol. The fraction of sp³-hybridized carbons (Fsp3) is 0.571. The van der Waals surface area contributed by atoms with E-state index in [1.54, 1.807) is 0 Å².